The van der Waals surface area contributed by atoms with E-state index < -0.39 is 0 Å². The highest BCUT2D eigenvalue weighted by molar-refractivity contribution is 8.00. The normalized spacial score (nSPS) is 19.5. The zero-order valence-electron chi connectivity index (χ0n) is 11.1. The summed E-state index contributed by atoms with van der Waals surface area (Å²) in [6, 6.07) is 5.61. The Kier molecular flexibility index (Phi) is 4.16. The maximum Gasteiger partial charge on any atom is 0.173 e. The lowest BCUT2D eigenvalue weighted by Gasteiger charge is -2.39. The molecule has 0 saturated carbocycles. The lowest BCUT2D eigenvalue weighted by molar-refractivity contribution is 0.318. The number of halogens is 1. The summed E-state index contributed by atoms with van der Waals surface area (Å²) in [4.78, 5) is 2.25. The summed E-state index contributed by atoms with van der Waals surface area (Å²) in [6.07, 6.45) is 0. The van der Waals surface area contributed by atoms with Crippen LogP contribution in [0.4, 0.5) is 5.69 Å². The van der Waals surface area contributed by atoms with Crippen LogP contribution in [0.3, 0.4) is 0 Å². The number of nitrogens with zero attached hydrogens (tertiary/aromatic N) is 2. The van der Waals surface area contributed by atoms with Crippen LogP contribution in [0, 0.1) is 0 Å². The van der Waals surface area contributed by atoms with Crippen LogP contribution in [-0.4, -0.2) is 34.6 Å². The van der Waals surface area contributed by atoms with Gasteiger partial charge in [0.25, 0.3) is 0 Å². The van der Waals surface area contributed by atoms with E-state index in [9.17, 15) is 0 Å². The molecule has 2 rings (SSSR count). The Labute approximate surface area is 122 Å². The SMILES string of the molecule is CC1(C)CN(c2cccc(Cl)c2/C(N)=N/O)CCS1. The third-order valence-corrected chi connectivity index (χ3v) is 4.73. The molecule has 1 aliphatic rings. The predicted molar refractivity (Wildman–Crippen MR) is 82.7 cm³/mol. The maximum atomic E-state index is 8.92. The van der Waals surface area contributed by atoms with E-state index in [1.54, 1.807) is 6.07 Å². The zero-order valence-corrected chi connectivity index (χ0v) is 12.6. The summed E-state index contributed by atoms with van der Waals surface area (Å²) in [5, 5.41) is 12.5. The monoisotopic (exact) mass is 299 g/mol. The highest BCUT2D eigenvalue weighted by Crippen LogP contribution is 2.35. The standard InChI is InChI=1S/C13H18ClN3OS/c1-13(2)8-17(6-7-19-13)10-5-3-4-9(14)11(10)12(15)16-18/h3-5,18H,6-8H2,1-2H3,(H2,15,16). The van der Waals surface area contributed by atoms with Gasteiger partial charge in [-0.3, -0.25) is 0 Å². The molecule has 0 radical (unpaired) electrons. The first kappa shape index (κ1) is 14.3. The van der Waals surface area contributed by atoms with Gasteiger partial charge in [-0.15, -0.1) is 0 Å². The molecule has 4 nitrogen and oxygen atoms in total. The summed E-state index contributed by atoms with van der Waals surface area (Å²) in [7, 11) is 0. The number of amidine groups is 1. The van der Waals surface area contributed by atoms with Gasteiger partial charge in [0.1, 0.15) is 0 Å². The first-order valence-electron chi connectivity index (χ1n) is 6.10. The number of nitrogens with two attached hydrogens (primary N) is 1. The van der Waals surface area contributed by atoms with Crippen molar-refractivity contribution in [2.45, 2.75) is 18.6 Å². The van der Waals surface area contributed by atoms with Crippen molar-refractivity contribution in [1.29, 1.82) is 0 Å². The predicted octanol–water partition coefficient (Wildman–Crippen LogP) is 2.77. The Morgan fingerprint density at radius 3 is 2.89 bits per heavy atom. The average molecular weight is 300 g/mol. The van der Waals surface area contributed by atoms with Gasteiger partial charge in [0, 0.05) is 29.3 Å². The highest BCUT2D eigenvalue weighted by atomic mass is 35.5. The quantitative estimate of drug-likeness (QED) is 0.381. The van der Waals surface area contributed by atoms with Crippen molar-refractivity contribution < 1.29 is 5.21 Å². The summed E-state index contributed by atoms with van der Waals surface area (Å²) in [6.45, 7) is 6.28. The Balaban J connectivity index is 2.42. The molecule has 0 spiro atoms. The van der Waals surface area contributed by atoms with Crippen molar-refractivity contribution in [3.8, 4) is 0 Å². The molecule has 0 bridgehead atoms. The van der Waals surface area contributed by atoms with E-state index in [1.165, 1.54) is 0 Å². The van der Waals surface area contributed by atoms with Crippen LogP contribution in [-0.2, 0) is 0 Å². The van der Waals surface area contributed by atoms with E-state index in [0.717, 1.165) is 24.5 Å². The topological polar surface area (TPSA) is 61.8 Å². The van der Waals surface area contributed by atoms with Crippen LogP contribution in [0.2, 0.25) is 5.02 Å². The minimum Gasteiger partial charge on any atom is -0.409 e. The largest absolute Gasteiger partial charge is 0.409 e. The highest BCUT2D eigenvalue weighted by Gasteiger charge is 2.29. The third-order valence-electron chi connectivity index (χ3n) is 3.12. The molecule has 104 valence electrons. The molecular weight excluding hydrogens is 282 g/mol. The van der Waals surface area contributed by atoms with Crippen molar-refractivity contribution in [3.05, 3.63) is 28.8 Å². The summed E-state index contributed by atoms with van der Waals surface area (Å²) < 4.78 is 0.183. The molecule has 0 aliphatic carbocycles. The number of oxime groups is 1. The van der Waals surface area contributed by atoms with Gasteiger partial charge < -0.3 is 15.8 Å². The summed E-state index contributed by atoms with van der Waals surface area (Å²) >= 11 is 8.15. The number of hydrogen-bond acceptors (Lipinski definition) is 4. The molecule has 1 aliphatic heterocycles. The number of anilines is 1. The minimum atomic E-state index is 0.0524. The molecule has 1 aromatic carbocycles. The van der Waals surface area contributed by atoms with E-state index in [4.69, 9.17) is 22.5 Å². The molecule has 0 unspecified atom stereocenters. The number of rotatable bonds is 2. The molecular formula is C13H18ClN3OS. The second-order valence-electron chi connectivity index (χ2n) is 5.15. The van der Waals surface area contributed by atoms with Crippen molar-refractivity contribution in [2.75, 3.05) is 23.7 Å². The molecule has 6 heteroatoms. The van der Waals surface area contributed by atoms with Crippen molar-refractivity contribution in [1.82, 2.24) is 0 Å². The zero-order chi connectivity index (χ0) is 14.0. The Hall–Kier alpha value is -1.07. The van der Waals surface area contributed by atoms with Crippen molar-refractivity contribution >= 4 is 34.9 Å². The fourth-order valence-corrected chi connectivity index (χ4v) is 3.68. The van der Waals surface area contributed by atoms with Crippen LogP contribution in [0.25, 0.3) is 0 Å². The smallest absolute Gasteiger partial charge is 0.173 e. The lowest BCUT2D eigenvalue weighted by atomic mass is 10.1. The average Bonchev–Trinajstić information content (AvgIpc) is 2.36. The van der Waals surface area contributed by atoms with Crippen molar-refractivity contribution in [3.63, 3.8) is 0 Å². The first-order valence-corrected chi connectivity index (χ1v) is 7.46. The van der Waals surface area contributed by atoms with E-state index >= 15 is 0 Å². The lowest BCUT2D eigenvalue weighted by Crippen LogP contribution is -2.44. The van der Waals surface area contributed by atoms with E-state index in [2.05, 4.69) is 23.9 Å². The molecule has 0 amide bonds. The molecule has 1 fully saturated rings. The van der Waals surface area contributed by atoms with Crippen LogP contribution in [0.1, 0.15) is 19.4 Å². The van der Waals surface area contributed by atoms with Gasteiger partial charge in [0.2, 0.25) is 0 Å². The fourth-order valence-electron chi connectivity index (χ4n) is 2.30. The van der Waals surface area contributed by atoms with Gasteiger partial charge >= 0.3 is 0 Å². The van der Waals surface area contributed by atoms with Gasteiger partial charge in [0.15, 0.2) is 5.84 Å². The number of thioether (sulfide) groups is 1. The van der Waals surface area contributed by atoms with Crippen molar-refractivity contribution in [2.24, 2.45) is 10.9 Å². The Bertz CT molecular complexity index is 505. The molecule has 1 aromatic rings. The molecule has 19 heavy (non-hydrogen) atoms. The number of hydrogen-bond donors (Lipinski definition) is 2. The van der Waals surface area contributed by atoms with Crippen LogP contribution < -0.4 is 10.6 Å². The second-order valence-corrected chi connectivity index (χ2v) is 7.36. The van der Waals surface area contributed by atoms with Gasteiger partial charge in [0.05, 0.1) is 10.6 Å². The van der Waals surface area contributed by atoms with Crippen LogP contribution >= 0.6 is 23.4 Å². The number of benzene rings is 1. The van der Waals surface area contributed by atoms with E-state index in [-0.39, 0.29) is 10.6 Å². The Morgan fingerprint density at radius 1 is 1.53 bits per heavy atom. The second kappa shape index (κ2) is 5.51. The summed E-state index contributed by atoms with van der Waals surface area (Å²) in [5.74, 6) is 1.10. The molecule has 0 atom stereocenters. The molecule has 1 saturated heterocycles. The van der Waals surface area contributed by atoms with Crippen LogP contribution in [0.15, 0.2) is 23.4 Å². The molecule has 0 aromatic heterocycles. The van der Waals surface area contributed by atoms with E-state index in [1.807, 2.05) is 23.9 Å². The fraction of sp³-hybridized carbons (Fsp3) is 0.462. The van der Waals surface area contributed by atoms with Gasteiger partial charge in [-0.1, -0.05) is 22.8 Å². The van der Waals surface area contributed by atoms with E-state index in [0.29, 0.717) is 10.6 Å². The third kappa shape index (κ3) is 3.09. The van der Waals surface area contributed by atoms with Crippen LogP contribution in [0.5, 0.6) is 0 Å². The van der Waals surface area contributed by atoms with Gasteiger partial charge in [-0.05, 0) is 26.0 Å². The maximum absolute atomic E-state index is 8.92. The minimum absolute atomic E-state index is 0.0524. The molecule has 1 heterocycles. The Morgan fingerprint density at radius 2 is 2.26 bits per heavy atom. The molecule has 3 N–H and O–H groups in total. The summed E-state index contributed by atoms with van der Waals surface area (Å²) in [5.41, 5.74) is 7.29. The van der Waals surface area contributed by atoms with Gasteiger partial charge in [-0.2, -0.15) is 11.8 Å². The first-order chi connectivity index (χ1) is 8.94. The van der Waals surface area contributed by atoms with Gasteiger partial charge in [-0.25, -0.2) is 0 Å².